The summed E-state index contributed by atoms with van der Waals surface area (Å²) in [6.07, 6.45) is 0. The quantitative estimate of drug-likeness (QED) is 0.269. The van der Waals surface area contributed by atoms with Gasteiger partial charge in [-0.2, -0.15) is 0 Å². The van der Waals surface area contributed by atoms with Crippen LogP contribution in [0.3, 0.4) is 0 Å². The highest BCUT2D eigenvalue weighted by Gasteiger charge is 2.30. The number of hydrogen-bond acceptors (Lipinski definition) is 2. The van der Waals surface area contributed by atoms with Gasteiger partial charge in [-0.25, -0.2) is 9.97 Å². The average molecular weight is 446 g/mol. The minimum absolute atomic E-state index is 0.699. The zero-order valence-electron chi connectivity index (χ0n) is 18.8. The van der Waals surface area contributed by atoms with Gasteiger partial charge in [0.15, 0.2) is 0 Å². The van der Waals surface area contributed by atoms with E-state index in [9.17, 15) is 0 Å². The first-order valence-electron chi connectivity index (χ1n) is 11.9. The molecule has 0 saturated heterocycles. The Hall–Kier alpha value is -4.76. The molecule has 0 radical (unpaired) electrons. The minimum atomic E-state index is 0.699. The van der Waals surface area contributed by atoms with E-state index in [4.69, 9.17) is 9.97 Å². The number of para-hydroxylation sites is 2. The van der Waals surface area contributed by atoms with E-state index in [-0.39, 0.29) is 0 Å². The molecule has 0 atom stereocenters. The lowest BCUT2D eigenvalue weighted by Gasteiger charge is -2.13. The summed E-state index contributed by atoms with van der Waals surface area (Å²) in [5.74, 6) is 0.699. The summed E-state index contributed by atoms with van der Waals surface area (Å²) < 4.78 is 2.26. The van der Waals surface area contributed by atoms with Gasteiger partial charge in [0.05, 0.1) is 22.4 Å². The maximum absolute atomic E-state index is 5.22. The summed E-state index contributed by atoms with van der Waals surface area (Å²) in [4.78, 5) is 10.3. The molecule has 2 aromatic heterocycles. The van der Waals surface area contributed by atoms with Crippen LogP contribution < -0.4 is 0 Å². The summed E-state index contributed by atoms with van der Waals surface area (Å²) in [7, 11) is 0. The van der Waals surface area contributed by atoms with Gasteiger partial charge in [0.1, 0.15) is 0 Å². The van der Waals surface area contributed by atoms with Gasteiger partial charge >= 0.3 is 0 Å². The van der Waals surface area contributed by atoms with Crippen LogP contribution in [0.5, 0.6) is 0 Å². The molecule has 0 N–H and O–H groups in total. The second-order valence-corrected chi connectivity index (χ2v) is 9.04. The fraction of sp³-hybridized carbons (Fsp3) is 0. The fourth-order valence-corrected chi connectivity index (χ4v) is 5.70. The van der Waals surface area contributed by atoms with Crippen molar-refractivity contribution in [2.24, 2.45) is 0 Å². The Morgan fingerprint density at radius 1 is 0.543 bits per heavy atom. The molecule has 0 aliphatic heterocycles. The lowest BCUT2D eigenvalue weighted by Crippen LogP contribution is -2.04. The smallest absolute Gasteiger partial charge is 0.235 e. The SMILES string of the molecule is c1ccc(-c2nc(-n3c4c(c5ccccc53)-c3cccc5cccc-4c35)nc3ccccc23)cc1. The second-order valence-electron chi connectivity index (χ2n) is 9.04. The Morgan fingerprint density at radius 2 is 1.26 bits per heavy atom. The van der Waals surface area contributed by atoms with Gasteiger partial charge in [-0.3, -0.25) is 4.57 Å². The van der Waals surface area contributed by atoms with Crippen LogP contribution in [-0.2, 0) is 0 Å². The molecule has 0 bridgehead atoms. The third kappa shape index (κ3) is 2.50. The van der Waals surface area contributed by atoms with E-state index in [0.717, 1.165) is 27.7 Å². The summed E-state index contributed by atoms with van der Waals surface area (Å²) >= 11 is 0. The van der Waals surface area contributed by atoms with Gasteiger partial charge in [-0.15, -0.1) is 0 Å². The highest BCUT2D eigenvalue weighted by atomic mass is 15.2. The normalized spacial score (nSPS) is 12.0. The lowest BCUT2D eigenvalue weighted by molar-refractivity contribution is 0.993. The number of hydrogen-bond donors (Lipinski definition) is 0. The first-order valence-corrected chi connectivity index (χ1v) is 11.9. The van der Waals surface area contributed by atoms with E-state index < -0.39 is 0 Å². The van der Waals surface area contributed by atoms with Crippen molar-refractivity contribution in [2.75, 3.05) is 0 Å². The molecule has 35 heavy (non-hydrogen) atoms. The first kappa shape index (κ1) is 18.6. The van der Waals surface area contributed by atoms with Crippen LogP contribution in [0.2, 0.25) is 0 Å². The Balaban J connectivity index is 1.53. The molecular formula is C32H19N3. The summed E-state index contributed by atoms with van der Waals surface area (Å²) in [6.45, 7) is 0. The Bertz CT molecular complexity index is 1940. The van der Waals surface area contributed by atoms with Crippen LogP contribution >= 0.6 is 0 Å². The molecular weight excluding hydrogens is 426 g/mol. The Morgan fingerprint density at radius 3 is 2.11 bits per heavy atom. The van der Waals surface area contributed by atoms with Gasteiger partial charge in [0, 0.05) is 27.5 Å². The van der Waals surface area contributed by atoms with Crippen molar-refractivity contribution in [3.05, 3.63) is 115 Å². The highest BCUT2D eigenvalue weighted by Crippen LogP contribution is 2.52. The van der Waals surface area contributed by atoms with Gasteiger partial charge in [0.25, 0.3) is 0 Å². The van der Waals surface area contributed by atoms with Crippen molar-refractivity contribution in [1.82, 2.24) is 14.5 Å². The Kier molecular flexibility index (Phi) is 3.66. The number of rotatable bonds is 2. The van der Waals surface area contributed by atoms with E-state index in [2.05, 4.69) is 108 Å². The molecule has 0 spiro atoms. The topological polar surface area (TPSA) is 30.7 Å². The van der Waals surface area contributed by atoms with Crippen molar-refractivity contribution in [3.63, 3.8) is 0 Å². The molecule has 1 aliphatic rings. The summed E-state index contributed by atoms with van der Waals surface area (Å²) in [5.41, 5.74) is 9.07. The zero-order chi connectivity index (χ0) is 22.9. The van der Waals surface area contributed by atoms with Crippen molar-refractivity contribution >= 4 is 32.6 Å². The molecule has 0 unspecified atom stereocenters. The standard InChI is InChI=1S/C32H19N3/c1-2-10-21(11-3-1)30-22-14-4-6-18-26(22)33-32(34-30)35-27-19-7-5-15-23(27)29-24-16-8-12-20-13-9-17-25(28(20)24)31(29)35/h1-19H. The van der Waals surface area contributed by atoms with E-state index in [1.165, 1.54) is 38.5 Å². The molecule has 3 heteroatoms. The molecule has 8 rings (SSSR count). The molecule has 0 fully saturated rings. The van der Waals surface area contributed by atoms with Crippen LogP contribution in [-0.4, -0.2) is 14.5 Å². The second kappa shape index (κ2) is 6.87. The van der Waals surface area contributed by atoms with Crippen LogP contribution in [0.25, 0.3) is 72.2 Å². The predicted molar refractivity (Wildman–Crippen MR) is 144 cm³/mol. The highest BCUT2D eigenvalue weighted by molar-refractivity contribution is 6.21. The molecule has 2 heterocycles. The maximum atomic E-state index is 5.22. The van der Waals surface area contributed by atoms with Crippen molar-refractivity contribution in [1.29, 1.82) is 0 Å². The first-order chi connectivity index (χ1) is 17.4. The molecule has 7 aromatic rings. The van der Waals surface area contributed by atoms with Crippen LogP contribution in [0.1, 0.15) is 0 Å². The van der Waals surface area contributed by atoms with Crippen molar-refractivity contribution < 1.29 is 0 Å². The summed E-state index contributed by atoms with van der Waals surface area (Å²) in [5, 5.41) is 4.85. The molecule has 3 nitrogen and oxygen atoms in total. The average Bonchev–Trinajstić information content (AvgIpc) is 3.43. The van der Waals surface area contributed by atoms with E-state index in [0.29, 0.717) is 5.95 Å². The number of benzene rings is 5. The molecule has 0 saturated carbocycles. The lowest BCUT2D eigenvalue weighted by atomic mass is 10.0. The fourth-order valence-electron chi connectivity index (χ4n) is 5.70. The summed E-state index contributed by atoms with van der Waals surface area (Å²) in [6, 6.07) is 40.5. The number of fused-ring (bicyclic) bond motifs is 6. The van der Waals surface area contributed by atoms with E-state index in [1.54, 1.807) is 0 Å². The van der Waals surface area contributed by atoms with Crippen molar-refractivity contribution in [2.45, 2.75) is 0 Å². The Labute approximate surface area is 202 Å². The zero-order valence-corrected chi connectivity index (χ0v) is 18.8. The largest absolute Gasteiger partial charge is 0.277 e. The number of nitrogens with zero attached hydrogens (tertiary/aromatic N) is 3. The maximum Gasteiger partial charge on any atom is 0.235 e. The number of aromatic nitrogens is 3. The third-order valence-electron chi connectivity index (χ3n) is 7.14. The van der Waals surface area contributed by atoms with Gasteiger partial charge in [-0.1, -0.05) is 103 Å². The molecule has 1 aliphatic carbocycles. The minimum Gasteiger partial charge on any atom is -0.277 e. The van der Waals surface area contributed by atoms with Crippen LogP contribution in [0.15, 0.2) is 115 Å². The van der Waals surface area contributed by atoms with Gasteiger partial charge in [0.2, 0.25) is 5.95 Å². The van der Waals surface area contributed by atoms with Crippen LogP contribution in [0, 0.1) is 0 Å². The van der Waals surface area contributed by atoms with Crippen LogP contribution in [0.4, 0.5) is 0 Å². The van der Waals surface area contributed by atoms with E-state index >= 15 is 0 Å². The molecule has 162 valence electrons. The van der Waals surface area contributed by atoms with E-state index in [1.807, 2.05) is 12.1 Å². The third-order valence-corrected chi connectivity index (χ3v) is 7.14. The molecule has 0 amide bonds. The van der Waals surface area contributed by atoms with Gasteiger partial charge in [-0.05, 0) is 28.5 Å². The molecule has 5 aromatic carbocycles. The van der Waals surface area contributed by atoms with Gasteiger partial charge < -0.3 is 0 Å². The predicted octanol–water partition coefficient (Wildman–Crippen LogP) is 8.04. The monoisotopic (exact) mass is 445 g/mol. The van der Waals surface area contributed by atoms with Crippen molar-refractivity contribution in [3.8, 4) is 39.6 Å².